The van der Waals surface area contributed by atoms with Gasteiger partial charge in [-0.25, -0.2) is 0 Å². The van der Waals surface area contributed by atoms with Crippen LogP contribution in [-0.4, -0.2) is 31.3 Å². The number of hydrogen-bond donors (Lipinski definition) is 1. The van der Waals surface area contributed by atoms with Gasteiger partial charge in [0.2, 0.25) is 0 Å². The molecule has 1 amide bonds. The first-order valence-electron chi connectivity index (χ1n) is 7.56. The first-order valence-corrected chi connectivity index (χ1v) is 7.67. The molecular formula is C14H26F3N2NiO3P. The number of nitrogens with zero attached hydrogens (tertiary/aromatic N) is 1. The molecule has 0 aromatic rings. The first-order chi connectivity index (χ1) is 11.2. The number of halogens is 3. The third-order valence-corrected chi connectivity index (χ3v) is 1.92. The van der Waals surface area contributed by atoms with Gasteiger partial charge in [-0.15, -0.1) is 0 Å². The van der Waals surface area contributed by atoms with Crippen molar-refractivity contribution in [1.29, 1.82) is 5.26 Å². The Morgan fingerprint density at radius 3 is 2.25 bits per heavy atom. The van der Waals surface area contributed by atoms with E-state index in [2.05, 4.69) is 13.8 Å². The van der Waals surface area contributed by atoms with E-state index >= 15 is 0 Å². The van der Waals surface area contributed by atoms with E-state index in [0.29, 0.717) is 0 Å². The average molecular weight is 418 g/mol. The molecule has 0 fully saturated rings. The molecule has 2 atom stereocenters. The molecule has 0 aliphatic heterocycles. The quantitative estimate of drug-likeness (QED) is 0.294. The van der Waals surface area contributed by atoms with Crippen LogP contribution in [0.25, 0.3) is 0 Å². The van der Waals surface area contributed by atoms with Gasteiger partial charge in [-0.2, -0.15) is 31.3 Å². The minimum Gasteiger partial charge on any atom is -0.344 e. The Morgan fingerprint density at radius 2 is 1.88 bits per heavy atom. The summed E-state index contributed by atoms with van der Waals surface area (Å²) in [6.07, 6.45) is -2.79. The Morgan fingerprint density at radius 1 is 1.38 bits per heavy atom. The summed E-state index contributed by atoms with van der Waals surface area (Å²) in [5.41, 5.74) is 0. The summed E-state index contributed by atoms with van der Waals surface area (Å²) in [5, 5.41) is 9.81. The van der Waals surface area contributed by atoms with E-state index < -0.39 is 34.1 Å². The molecule has 0 heterocycles. The minimum atomic E-state index is -4.97. The van der Waals surface area contributed by atoms with Crippen molar-refractivity contribution >= 4 is 14.9 Å². The molecule has 0 rings (SSSR count). The molecule has 0 spiro atoms. The monoisotopic (exact) mass is 417 g/mol. The van der Waals surface area contributed by atoms with Gasteiger partial charge in [0.25, 0.3) is 0 Å². The second-order valence-electron chi connectivity index (χ2n) is 3.82. The number of hydrogen-bond acceptors (Lipinski definition) is 4. The number of rotatable bonds is 7. The molecule has 1 N–H and O–H groups in total. The van der Waals surface area contributed by atoms with Gasteiger partial charge in [0, 0.05) is 1.37 Å². The van der Waals surface area contributed by atoms with E-state index in [0.717, 1.165) is 12.8 Å². The molecule has 0 aromatic carbocycles. The Kier molecular flexibility index (Phi) is 26.7. The maximum Gasteiger partial charge on any atom is 2.00 e. The van der Waals surface area contributed by atoms with Crippen LogP contribution in [0.5, 0.6) is 0 Å². The van der Waals surface area contributed by atoms with Crippen molar-refractivity contribution < 1.29 is 44.9 Å². The topological polar surface area (TPSA) is 71.3 Å². The van der Waals surface area contributed by atoms with Crippen molar-refractivity contribution in [3.63, 3.8) is 0 Å². The summed E-state index contributed by atoms with van der Waals surface area (Å²) in [4.78, 5) is 10.6. The van der Waals surface area contributed by atoms with Crippen molar-refractivity contribution in [2.75, 3.05) is 13.2 Å². The molecule has 10 heteroatoms. The molecule has 1 unspecified atom stereocenters. The summed E-state index contributed by atoms with van der Waals surface area (Å²) >= 11 is 0. The van der Waals surface area contributed by atoms with E-state index in [1.807, 2.05) is 19.9 Å². The largest absolute Gasteiger partial charge is 2.00 e. The predicted octanol–water partition coefficient (Wildman–Crippen LogP) is 3.97. The van der Waals surface area contributed by atoms with Crippen LogP contribution < -0.4 is 5.32 Å². The van der Waals surface area contributed by atoms with Gasteiger partial charge < -0.3 is 28.2 Å². The van der Waals surface area contributed by atoms with Gasteiger partial charge in [0.15, 0.2) is 9.03 Å². The van der Waals surface area contributed by atoms with Crippen LogP contribution in [0.15, 0.2) is 0 Å². The predicted molar refractivity (Wildman–Crippen MR) is 85.4 cm³/mol. The van der Waals surface area contributed by atoms with Crippen LogP contribution in [0, 0.1) is 25.2 Å². The molecule has 0 aliphatic rings. The molecule has 146 valence electrons. The number of carbonyl (C=O) groups excluding carboxylic acids is 1. The summed E-state index contributed by atoms with van der Waals surface area (Å²) in [5.74, 6) is -2.10. The van der Waals surface area contributed by atoms with Crippen LogP contribution in [0.4, 0.5) is 13.2 Å². The van der Waals surface area contributed by atoms with Gasteiger partial charge in [-0.05, 0) is 6.90 Å². The fraction of sp³-hybridized carbons (Fsp3) is 0.714. The van der Waals surface area contributed by atoms with Gasteiger partial charge in [0.05, 0.1) is 31.7 Å². The molecule has 0 bridgehead atoms. The molecule has 5 nitrogen and oxygen atoms in total. The van der Waals surface area contributed by atoms with E-state index in [1.54, 1.807) is 5.32 Å². The Labute approximate surface area is 156 Å². The zero-order valence-corrected chi connectivity index (χ0v) is 15.8. The summed E-state index contributed by atoms with van der Waals surface area (Å²) in [7, 11) is -0.446. The molecule has 0 saturated carbocycles. The second kappa shape index (κ2) is 22.6. The maximum absolute atomic E-state index is 11.9. The zero-order chi connectivity index (χ0) is 19.4. The van der Waals surface area contributed by atoms with Crippen LogP contribution in [0.1, 0.15) is 41.4 Å². The van der Waals surface area contributed by atoms with E-state index in [1.165, 1.54) is 0 Å². The Balaban J connectivity index is -0.000000274. The van der Waals surface area contributed by atoms with E-state index in [4.69, 9.17) is 15.7 Å². The van der Waals surface area contributed by atoms with Crippen molar-refractivity contribution in [1.82, 2.24) is 5.32 Å². The molecule has 24 heavy (non-hydrogen) atoms. The van der Waals surface area contributed by atoms with Crippen molar-refractivity contribution in [2.24, 2.45) is 0 Å². The summed E-state index contributed by atoms with van der Waals surface area (Å²) in [6.45, 7) is 10.5. The number of nitrogens with one attached hydrogen (secondary N) is 1. The molecule has 0 saturated heterocycles. The molecule has 0 radical (unpaired) electrons. The van der Waals surface area contributed by atoms with Gasteiger partial charge in [-0.1, -0.05) is 13.8 Å². The Hall–Kier alpha value is -0.406. The number of nitriles is 1. The summed E-state index contributed by atoms with van der Waals surface area (Å²) < 4.78 is 52.3. The Bertz CT molecular complexity index is 333. The van der Waals surface area contributed by atoms with Gasteiger partial charge >= 0.3 is 28.6 Å². The van der Waals surface area contributed by atoms with Crippen molar-refractivity contribution in [2.45, 2.75) is 52.2 Å². The SMILES string of the molecule is [2H]C[C@@H](COPOCCC#N)NC(=O)C(F)(F)F.[CH2-]CC.[CH2-]CC.[Ni+2]. The molecule has 0 aromatic heterocycles. The van der Waals surface area contributed by atoms with Crippen LogP contribution in [0.2, 0.25) is 0 Å². The zero-order valence-electron chi connectivity index (χ0n) is 14.9. The van der Waals surface area contributed by atoms with Gasteiger partial charge in [0.1, 0.15) is 0 Å². The fourth-order valence-corrected chi connectivity index (χ4v) is 1.16. The normalized spacial score (nSPS) is 11.7. The van der Waals surface area contributed by atoms with E-state index in [9.17, 15) is 18.0 Å². The first kappa shape index (κ1) is 28.4. The smallest absolute Gasteiger partial charge is 0.344 e. The third-order valence-electron chi connectivity index (χ3n) is 1.31. The standard InChI is InChI=1S/C8H12F3N2O3P.2C3H7.Ni/c1-6(13-7(14)8(9,10)11)5-16-17-15-4-2-3-12;2*1-3-2;/h6,17H,2,4-5H2,1H3,(H,13,14);2*1,3H2,2H3;/q;2*-1;+2/t6-;;;/m0.../s1/i1D;;;. The fourth-order valence-electron chi connectivity index (χ4n) is 0.624. The van der Waals surface area contributed by atoms with Crippen LogP contribution >= 0.6 is 9.03 Å². The van der Waals surface area contributed by atoms with Crippen LogP contribution in [-0.2, 0) is 30.3 Å². The second-order valence-corrected chi connectivity index (χ2v) is 4.56. The molecular weight excluding hydrogens is 391 g/mol. The maximum atomic E-state index is 11.9. The number of carbonyl (C=O) groups is 1. The van der Waals surface area contributed by atoms with Crippen molar-refractivity contribution in [3.8, 4) is 6.07 Å². The number of amides is 1. The van der Waals surface area contributed by atoms with Crippen molar-refractivity contribution in [3.05, 3.63) is 13.8 Å². The number of alkyl halides is 3. The summed E-state index contributed by atoms with van der Waals surface area (Å²) in [6, 6.07) is 0.783. The third kappa shape index (κ3) is 29.6. The molecule has 0 aliphatic carbocycles. The van der Waals surface area contributed by atoms with E-state index in [-0.39, 0.29) is 36.1 Å². The van der Waals surface area contributed by atoms with Crippen LogP contribution in [0.3, 0.4) is 0 Å². The van der Waals surface area contributed by atoms with Gasteiger partial charge in [-0.3, -0.25) is 4.79 Å². The average Bonchev–Trinajstić information content (AvgIpc) is 2.50. The minimum absolute atomic E-state index is 0.